The molecular formula is C23H29ClN2O3S. The Labute approximate surface area is 184 Å². The Bertz CT molecular complexity index is 959. The molecule has 0 heterocycles. The quantitative estimate of drug-likeness (QED) is 0.663. The third kappa shape index (κ3) is 6.06. The Hall–Kier alpha value is -1.89. The normalized spacial score (nSPS) is 19.2. The first-order valence-electron chi connectivity index (χ1n) is 10.3. The van der Waals surface area contributed by atoms with Gasteiger partial charge in [0, 0.05) is 28.9 Å². The number of rotatable bonds is 8. The molecule has 7 heteroatoms. The fraction of sp³-hybridized carbons (Fsp3) is 0.435. The molecule has 2 aromatic carbocycles. The molecule has 2 atom stereocenters. The van der Waals surface area contributed by atoms with Gasteiger partial charge in [0.25, 0.3) is 5.91 Å². The molecule has 2 unspecified atom stereocenters. The van der Waals surface area contributed by atoms with Crippen LogP contribution in [0, 0.1) is 0 Å². The summed E-state index contributed by atoms with van der Waals surface area (Å²) in [6.07, 6.45) is 6.31. The molecule has 1 fully saturated rings. The van der Waals surface area contributed by atoms with Gasteiger partial charge in [-0.25, -0.2) is 8.42 Å². The Morgan fingerprint density at radius 3 is 2.40 bits per heavy atom. The van der Waals surface area contributed by atoms with Crippen molar-refractivity contribution in [2.45, 2.75) is 49.1 Å². The van der Waals surface area contributed by atoms with E-state index in [4.69, 9.17) is 11.6 Å². The van der Waals surface area contributed by atoms with Gasteiger partial charge < -0.3 is 10.2 Å². The summed E-state index contributed by atoms with van der Waals surface area (Å²) in [4.78, 5) is 15.2. The second-order valence-electron chi connectivity index (χ2n) is 8.09. The topological polar surface area (TPSA) is 66.5 Å². The molecule has 1 saturated carbocycles. The smallest absolute Gasteiger partial charge is 0.251 e. The molecule has 0 bridgehead atoms. The molecule has 0 aliphatic heterocycles. The van der Waals surface area contributed by atoms with Crippen LogP contribution in [0.2, 0.25) is 5.02 Å². The molecule has 0 spiro atoms. The standard InChI is InChI=1S/C23H29ClN2O3S/c1-26(16-4-5-17-8-12-19(24)13-9-17)22-7-3-6-21(22)25-23(27)18-10-14-20(15-11-18)30(2,28)29/h8-15,21-22H,3-7,16H2,1-2H3,(H,25,27). The van der Waals surface area contributed by atoms with Crippen molar-refractivity contribution in [2.75, 3.05) is 19.8 Å². The lowest BCUT2D eigenvalue weighted by atomic mass is 10.1. The van der Waals surface area contributed by atoms with Crippen molar-refractivity contribution >= 4 is 27.3 Å². The van der Waals surface area contributed by atoms with Crippen molar-refractivity contribution < 1.29 is 13.2 Å². The fourth-order valence-electron chi connectivity index (χ4n) is 4.09. The highest BCUT2D eigenvalue weighted by Gasteiger charge is 2.31. The highest BCUT2D eigenvalue weighted by atomic mass is 35.5. The number of hydrogen-bond acceptors (Lipinski definition) is 4. The SMILES string of the molecule is CN(CCCc1ccc(Cl)cc1)C1CCCC1NC(=O)c1ccc(S(C)(=O)=O)cc1. The maximum atomic E-state index is 12.7. The van der Waals surface area contributed by atoms with E-state index >= 15 is 0 Å². The Balaban J connectivity index is 1.53. The molecule has 1 aliphatic carbocycles. The number of amides is 1. The summed E-state index contributed by atoms with van der Waals surface area (Å²) in [6.45, 7) is 0.961. The van der Waals surface area contributed by atoms with Crippen LogP contribution in [0.3, 0.4) is 0 Å². The van der Waals surface area contributed by atoms with E-state index in [-0.39, 0.29) is 16.8 Å². The molecular weight excluding hydrogens is 420 g/mol. The molecule has 2 aromatic rings. The number of sulfone groups is 1. The van der Waals surface area contributed by atoms with Gasteiger partial charge in [0.1, 0.15) is 0 Å². The number of nitrogens with one attached hydrogen (secondary N) is 1. The zero-order chi connectivity index (χ0) is 21.7. The first-order chi connectivity index (χ1) is 14.2. The second kappa shape index (κ2) is 9.94. The van der Waals surface area contributed by atoms with Gasteiger partial charge in [-0.3, -0.25) is 4.79 Å². The number of aryl methyl sites for hydroxylation is 1. The Morgan fingerprint density at radius 2 is 1.77 bits per heavy atom. The minimum Gasteiger partial charge on any atom is -0.348 e. The third-order valence-corrected chi connectivity index (χ3v) is 7.18. The van der Waals surface area contributed by atoms with Gasteiger partial charge in [-0.2, -0.15) is 0 Å². The number of benzene rings is 2. The van der Waals surface area contributed by atoms with Crippen molar-refractivity contribution in [3.63, 3.8) is 0 Å². The van der Waals surface area contributed by atoms with Crippen LogP contribution >= 0.6 is 11.6 Å². The van der Waals surface area contributed by atoms with E-state index in [9.17, 15) is 13.2 Å². The summed E-state index contributed by atoms with van der Waals surface area (Å²) in [5.74, 6) is -0.151. The van der Waals surface area contributed by atoms with E-state index in [1.54, 1.807) is 12.1 Å². The molecule has 162 valence electrons. The van der Waals surface area contributed by atoms with E-state index < -0.39 is 9.84 Å². The first kappa shape index (κ1) is 22.8. The van der Waals surface area contributed by atoms with Crippen molar-refractivity contribution in [2.24, 2.45) is 0 Å². The zero-order valence-electron chi connectivity index (χ0n) is 17.5. The number of likely N-dealkylation sites (N-methyl/N-ethyl adjacent to an activating group) is 1. The molecule has 1 amide bonds. The first-order valence-corrected chi connectivity index (χ1v) is 12.6. The summed E-state index contributed by atoms with van der Waals surface area (Å²) in [5, 5.41) is 3.91. The molecule has 0 saturated heterocycles. The number of hydrogen-bond donors (Lipinski definition) is 1. The summed E-state index contributed by atoms with van der Waals surface area (Å²) in [6, 6.07) is 14.5. The predicted octanol–water partition coefficient (Wildman–Crippen LogP) is 3.96. The van der Waals surface area contributed by atoms with E-state index in [0.717, 1.165) is 49.9 Å². The van der Waals surface area contributed by atoms with Crippen LogP contribution in [-0.4, -0.2) is 51.2 Å². The van der Waals surface area contributed by atoms with Crippen molar-refractivity contribution in [3.05, 3.63) is 64.7 Å². The Kier molecular flexibility index (Phi) is 7.55. The van der Waals surface area contributed by atoms with Crippen LogP contribution < -0.4 is 5.32 Å². The Morgan fingerprint density at radius 1 is 1.10 bits per heavy atom. The molecule has 1 aliphatic rings. The lowest BCUT2D eigenvalue weighted by Crippen LogP contribution is -2.47. The van der Waals surface area contributed by atoms with Gasteiger partial charge in [-0.15, -0.1) is 0 Å². The summed E-state index contributed by atoms with van der Waals surface area (Å²) in [7, 11) is -1.14. The van der Waals surface area contributed by atoms with E-state index in [2.05, 4.69) is 29.4 Å². The van der Waals surface area contributed by atoms with E-state index in [0.29, 0.717) is 11.6 Å². The van der Waals surface area contributed by atoms with Gasteiger partial charge in [0.05, 0.1) is 4.90 Å². The highest BCUT2D eigenvalue weighted by molar-refractivity contribution is 7.90. The van der Waals surface area contributed by atoms with E-state index in [1.807, 2.05) is 12.1 Å². The monoisotopic (exact) mass is 448 g/mol. The number of carbonyl (C=O) groups is 1. The van der Waals surface area contributed by atoms with Crippen LogP contribution in [0.25, 0.3) is 0 Å². The van der Waals surface area contributed by atoms with Crippen molar-refractivity contribution in [1.29, 1.82) is 0 Å². The highest BCUT2D eigenvalue weighted by Crippen LogP contribution is 2.24. The molecule has 1 N–H and O–H groups in total. The third-order valence-electron chi connectivity index (χ3n) is 5.80. The minimum absolute atomic E-state index is 0.104. The number of carbonyl (C=O) groups excluding carboxylic acids is 1. The van der Waals surface area contributed by atoms with Gasteiger partial charge in [-0.1, -0.05) is 23.7 Å². The molecule has 5 nitrogen and oxygen atoms in total. The van der Waals surface area contributed by atoms with Gasteiger partial charge >= 0.3 is 0 Å². The van der Waals surface area contributed by atoms with Gasteiger partial charge in [0.2, 0.25) is 0 Å². The molecule has 30 heavy (non-hydrogen) atoms. The maximum absolute atomic E-state index is 12.7. The largest absolute Gasteiger partial charge is 0.348 e. The van der Waals surface area contributed by atoms with Crippen LogP contribution in [0.5, 0.6) is 0 Å². The molecule has 0 aromatic heterocycles. The predicted molar refractivity (Wildman–Crippen MR) is 121 cm³/mol. The van der Waals surface area contributed by atoms with Crippen LogP contribution in [-0.2, 0) is 16.3 Å². The van der Waals surface area contributed by atoms with Crippen molar-refractivity contribution in [1.82, 2.24) is 10.2 Å². The lowest BCUT2D eigenvalue weighted by Gasteiger charge is -2.30. The number of halogens is 1. The summed E-state index contributed by atoms with van der Waals surface area (Å²) < 4.78 is 23.2. The average molecular weight is 449 g/mol. The zero-order valence-corrected chi connectivity index (χ0v) is 19.0. The maximum Gasteiger partial charge on any atom is 0.251 e. The molecule has 0 radical (unpaired) electrons. The second-order valence-corrected chi connectivity index (χ2v) is 10.5. The lowest BCUT2D eigenvalue weighted by molar-refractivity contribution is 0.0912. The van der Waals surface area contributed by atoms with Gasteiger partial charge in [-0.05, 0) is 87.7 Å². The van der Waals surface area contributed by atoms with Crippen LogP contribution in [0.1, 0.15) is 41.6 Å². The molecule has 3 rings (SSSR count). The minimum atomic E-state index is -3.26. The summed E-state index contributed by atoms with van der Waals surface area (Å²) >= 11 is 5.94. The van der Waals surface area contributed by atoms with Crippen LogP contribution in [0.15, 0.2) is 53.4 Å². The van der Waals surface area contributed by atoms with Crippen LogP contribution in [0.4, 0.5) is 0 Å². The fourth-order valence-corrected chi connectivity index (χ4v) is 4.85. The number of nitrogens with zero attached hydrogens (tertiary/aromatic N) is 1. The van der Waals surface area contributed by atoms with Gasteiger partial charge in [0.15, 0.2) is 9.84 Å². The van der Waals surface area contributed by atoms with Crippen molar-refractivity contribution in [3.8, 4) is 0 Å². The van der Waals surface area contributed by atoms with E-state index in [1.165, 1.54) is 17.7 Å². The average Bonchev–Trinajstić information content (AvgIpc) is 3.17. The summed E-state index contributed by atoms with van der Waals surface area (Å²) in [5.41, 5.74) is 1.76.